The molecule has 1 aliphatic carbocycles. The Bertz CT molecular complexity index is 1640. The second-order valence-corrected chi connectivity index (χ2v) is 13.8. The minimum Gasteiger partial charge on any atom is -0.384 e. The molecule has 212 valence electrons. The van der Waals surface area contributed by atoms with Crippen molar-refractivity contribution >= 4 is 68.0 Å². The van der Waals surface area contributed by atoms with E-state index in [2.05, 4.69) is 31.8 Å². The molecule has 10 nitrogen and oxygen atoms in total. The molecule has 1 atom stereocenters. The first-order chi connectivity index (χ1) is 19.5. The number of hydrogen-bond acceptors (Lipinski definition) is 12. The third-order valence-electron chi connectivity index (χ3n) is 6.60. The van der Waals surface area contributed by atoms with Crippen LogP contribution < -0.4 is 16.0 Å². The van der Waals surface area contributed by atoms with Crippen molar-refractivity contribution in [1.29, 1.82) is 5.26 Å². The van der Waals surface area contributed by atoms with Crippen molar-refractivity contribution in [2.24, 2.45) is 11.1 Å². The zero-order valence-electron chi connectivity index (χ0n) is 22.2. The van der Waals surface area contributed by atoms with Crippen LogP contribution in [0.3, 0.4) is 0 Å². The van der Waals surface area contributed by atoms with Crippen molar-refractivity contribution in [1.82, 2.24) is 20.4 Å². The van der Waals surface area contributed by atoms with Crippen LogP contribution in [0.4, 0.5) is 14.7 Å². The Balaban J connectivity index is 1.49. The number of nitriles is 1. The molecule has 3 aromatic rings. The smallest absolute Gasteiger partial charge is 0.236 e. The van der Waals surface area contributed by atoms with Gasteiger partial charge in [0, 0.05) is 28.3 Å². The van der Waals surface area contributed by atoms with E-state index in [9.17, 15) is 14.9 Å². The number of hydrogen-bond donors (Lipinski definition) is 2. The number of carbonyl (C=O) groups is 2. The second-order valence-electron chi connectivity index (χ2n) is 10.2. The molecule has 3 heterocycles. The van der Waals surface area contributed by atoms with E-state index in [4.69, 9.17) is 17.3 Å². The largest absolute Gasteiger partial charge is 0.384 e. The molecule has 0 fully saturated rings. The summed E-state index contributed by atoms with van der Waals surface area (Å²) in [6.45, 7) is 5.87. The molecule has 0 saturated carbocycles. The van der Waals surface area contributed by atoms with Crippen LogP contribution in [0, 0.1) is 22.6 Å². The summed E-state index contributed by atoms with van der Waals surface area (Å²) in [5.74, 6) is -2.10. The maximum Gasteiger partial charge on any atom is 0.236 e. The lowest BCUT2D eigenvalue weighted by molar-refractivity contribution is -0.118. The predicted octanol–water partition coefficient (Wildman–Crippen LogP) is 5.42. The number of amides is 1. The SMILES string of the molecule is CCc1nnc(NC(=O)CSc2nnc(N3C(N)=C(C#N)C(c4c(F)cccc4Cl)C4=C3CC(C)(C)CC4=O)s2)s1. The summed E-state index contributed by atoms with van der Waals surface area (Å²) in [7, 11) is 0. The first-order valence-corrected chi connectivity index (χ1v) is 15.5. The number of thioether (sulfide) groups is 1. The molecule has 1 aromatic carbocycles. The van der Waals surface area contributed by atoms with E-state index in [-0.39, 0.29) is 51.4 Å². The van der Waals surface area contributed by atoms with E-state index in [1.807, 2.05) is 20.8 Å². The number of halogens is 2. The molecule has 2 aliphatic rings. The summed E-state index contributed by atoms with van der Waals surface area (Å²) in [5, 5.41) is 31.0. The lowest BCUT2D eigenvalue weighted by Crippen LogP contribution is -2.42. The van der Waals surface area contributed by atoms with Crippen LogP contribution in [0.15, 0.2) is 45.2 Å². The van der Waals surface area contributed by atoms with E-state index < -0.39 is 17.2 Å². The normalized spacial score (nSPS) is 18.4. The number of nitrogens with zero attached hydrogens (tertiary/aromatic N) is 6. The first kappa shape index (κ1) is 29.1. The number of allylic oxidation sites excluding steroid dienone is 3. The number of nitrogens with one attached hydrogen (secondary N) is 1. The minimum absolute atomic E-state index is 0.00362. The zero-order valence-corrected chi connectivity index (χ0v) is 25.4. The summed E-state index contributed by atoms with van der Waals surface area (Å²) < 4.78 is 15.7. The number of rotatable bonds is 7. The highest BCUT2D eigenvalue weighted by Gasteiger charge is 2.46. The van der Waals surface area contributed by atoms with Crippen molar-refractivity contribution in [2.75, 3.05) is 16.0 Å². The van der Waals surface area contributed by atoms with E-state index in [1.54, 1.807) is 4.90 Å². The Kier molecular flexibility index (Phi) is 8.15. The molecule has 1 amide bonds. The molecule has 0 saturated heterocycles. The Morgan fingerprint density at radius 3 is 2.76 bits per heavy atom. The van der Waals surface area contributed by atoms with E-state index in [0.29, 0.717) is 26.7 Å². The van der Waals surface area contributed by atoms with Crippen LogP contribution >= 0.6 is 46.0 Å². The molecule has 1 aliphatic heterocycles. The van der Waals surface area contributed by atoms with Gasteiger partial charge in [0.25, 0.3) is 0 Å². The summed E-state index contributed by atoms with van der Waals surface area (Å²) in [6.07, 6.45) is 1.36. The maximum absolute atomic E-state index is 15.2. The Hall–Kier alpha value is -3.38. The number of aromatic nitrogens is 4. The van der Waals surface area contributed by atoms with Crippen molar-refractivity contribution in [3.63, 3.8) is 0 Å². The summed E-state index contributed by atoms with van der Waals surface area (Å²) >= 11 is 10.1. The Morgan fingerprint density at radius 2 is 2.07 bits per heavy atom. The van der Waals surface area contributed by atoms with Crippen LogP contribution in [0.5, 0.6) is 0 Å². The fraction of sp³-hybridized carbons (Fsp3) is 0.346. The van der Waals surface area contributed by atoms with Gasteiger partial charge in [-0.1, -0.05) is 72.9 Å². The van der Waals surface area contributed by atoms with Crippen LogP contribution in [0.25, 0.3) is 0 Å². The number of anilines is 2. The van der Waals surface area contributed by atoms with Gasteiger partial charge in [0.15, 0.2) is 10.1 Å². The molecule has 0 radical (unpaired) electrons. The standard InChI is InChI=1S/C26H24ClFN8O2S3/c1-4-18-32-33-23(40-18)31-17(38)11-39-25-35-34-24(41-25)36-15-8-26(2,3)9-16(37)21(15)19(12(10-29)22(36)30)20-13(27)6-5-7-14(20)28/h5-7,19H,4,8-9,11,30H2,1-3H3,(H,31,33,38). The zero-order chi connectivity index (χ0) is 29.5. The monoisotopic (exact) mass is 630 g/mol. The topological polar surface area (TPSA) is 151 Å². The number of carbonyl (C=O) groups excluding carboxylic acids is 2. The van der Waals surface area contributed by atoms with Gasteiger partial charge < -0.3 is 5.73 Å². The van der Waals surface area contributed by atoms with Crippen molar-refractivity contribution in [3.05, 3.63) is 62.3 Å². The highest BCUT2D eigenvalue weighted by atomic mass is 35.5. The highest BCUT2D eigenvalue weighted by molar-refractivity contribution is 8.01. The molecule has 1 unspecified atom stereocenters. The van der Waals surface area contributed by atoms with Crippen LogP contribution in [0.2, 0.25) is 5.02 Å². The number of aryl methyl sites for hydroxylation is 1. The molecule has 2 aromatic heterocycles. The lowest BCUT2D eigenvalue weighted by Gasteiger charge is -2.42. The molecule has 41 heavy (non-hydrogen) atoms. The summed E-state index contributed by atoms with van der Waals surface area (Å²) in [4.78, 5) is 27.6. The van der Waals surface area contributed by atoms with Crippen molar-refractivity contribution in [2.45, 2.75) is 50.3 Å². The molecule has 3 N–H and O–H groups in total. The van der Waals surface area contributed by atoms with Gasteiger partial charge in [-0.2, -0.15) is 5.26 Å². The van der Waals surface area contributed by atoms with Gasteiger partial charge in [0.1, 0.15) is 16.6 Å². The summed E-state index contributed by atoms with van der Waals surface area (Å²) in [6, 6.07) is 6.33. The van der Waals surface area contributed by atoms with Crippen LogP contribution in [-0.2, 0) is 16.0 Å². The predicted molar refractivity (Wildman–Crippen MR) is 157 cm³/mol. The molecule has 5 rings (SSSR count). The Labute approximate surface area is 252 Å². The van der Waals surface area contributed by atoms with Crippen LogP contribution in [-0.4, -0.2) is 37.8 Å². The average Bonchev–Trinajstić information content (AvgIpc) is 3.56. The third-order valence-corrected chi connectivity index (χ3v) is 9.95. The third kappa shape index (κ3) is 5.72. The van der Waals surface area contributed by atoms with Gasteiger partial charge in [-0.05, 0) is 30.4 Å². The minimum atomic E-state index is -1.05. The van der Waals surface area contributed by atoms with E-state index >= 15 is 4.39 Å². The van der Waals surface area contributed by atoms with Gasteiger partial charge in [0.05, 0.1) is 23.3 Å². The quantitative estimate of drug-likeness (QED) is 0.324. The highest BCUT2D eigenvalue weighted by Crippen LogP contribution is 2.52. The van der Waals surface area contributed by atoms with Crippen molar-refractivity contribution < 1.29 is 14.0 Å². The van der Waals surface area contributed by atoms with Gasteiger partial charge in [-0.3, -0.25) is 19.8 Å². The van der Waals surface area contributed by atoms with Gasteiger partial charge in [0.2, 0.25) is 16.2 Å². The fourth-order valence-electron chi connectivity index (χ4n) is 4.88. The molecule has 0 spiro atoms. The number of ketones is 1. The van der Waals surface area contributed by atoms with Gasteiger partial charge in [-0.15, -0.1) is 20.4 Å². The van der Waals surface area contributed by atoms with Gasteiger partial charge in [-0.25, -0.2) is 4.39 Å². The second kappa shape index (κ2) is 11.5. The van der Waals surface area contributed by atoms with Gasteiger partial charge >= 0.3 is 0 Å². The summed E-state index contributed by atoms with van der Waals surface area (Å²) in [5.41, 5.74) is 7.00. The van der Waals surface area contributed by atoms with Crippen LogP contribution in [0.1, 0.15) is 50.1 Å². The van der Waals surface area contributed by atoms with E-state index in [1.165, 1.54) is 41.3 Å². The van der Waals surface area contributed by atoms with E-state index in [0.717, 1.165) is 22.8 Å². The lowest BCUT2D eigenvalue weighted by atomic mass is 9.68. The number of nitrogens with two attached hydrogens (primary N) is 1. The Morgan fingerprint density at radius 1 is 1.29 bits per heavy atom. The fourth-order valence-corrected chi connectivity index (χ4v) is 7.53. The first-order valence-electron chi connectivity index (χ1n) is 12.5. The van der Waals surface area contributed by atoms with Crippen molar-refractivity contribution in [3.8, 4) is 6.07 Å². The average molecular weight is 631 g/mol. The molecule has 15 heteroatoms. The maximum atomic E-state index is 15.2. The molecular weight excluding hydrogens is 607 g/mol. The number of benzene rings is 1. The number of Topliss-reactive ketones (excluding diaryl/α,β-unsaturated/α-hetero) is 1. The molecular formula is C26H24ClFN8O2S3. The molecule has 0 bridgehead atoms.